The maximum atomic E-state index is 15.7. The average Bonchev–Trinajstić information content (AvgIpc) is 1.62. The number of halogens is 3. The van der Waals surface area contributed by atoms with Crippen molar-refractivity contribution in [2.75, 3.05) is 19.7 Å². The minimum atomic E-state index is -5.08. The van der Waals surface area contributed by atoms with Crippen LogP contribution in [0.3, 0.4) is 0 Å². The summed E-state index contributed by atoms with van der Waals surface area (Å²) in [5, 5.41) is 78.6. The van der Waals surface area contributed by atoms with E-state index in [-0.39, 0.29) is 63.0 Å². The number of carbonyl (C=O) groups is 14. The predicted octanol–water partition coefficient (Wildman–Crippen LogP) is -3.11. The van der Waals surface area contributed by atoms with Crippen LogP contribution in [-0.2, 0) is 84.6 Å². The topological polar surface area (TPSA) is 581 Å². The van der Waals surface area contributed by atoms with Crippen LogP contribution in [0, 0.1) is 23.7 Å². The molecule has 0 unspecified atom stereocenters. The molecule has 2 aromatic carbocycles. The van der Waals surface area contributed by atoms with Gasteiger partial charge in [-0.2, -0.15) is 13.2 Å². The van der Waals surface area contributed by atoms with Crippen LogP contribution in [0.25, 0.3) is 0 Å². The zero-order chi connectivity index (χ0) is 82.0. The largest absolute Gasteiger partial charge is 0.490 e. The Labute approximate surface area is 621 Å². The molecule has 39 heteroatoms. The molecule has 0 aromatic heterocycles. The number of aliphatic carboxylic acids is 1. The molecule has 2 aliphatic rings. The van der Waals surface area contributed by atoms with E-state index in [4.69, 9.17) is 36.6 Å². The van der Waals surface area contributed by atoms with E-state index in [9.17, 15) is 76.7 Å². The Morgan fingerprint density at radius 1 is 0.676 bits per heavy atom. The Bertz CT molecular complexity index is 3490. The van der Waals surface area contributed by atoms with Gasteiger partial charge in [-0.15, -0.1) is 0 Å². The number of aliphatic imine (C=N–C) groups is 1. The first-order valence-corrected chi connectivity index (χ1v) is 34.8. The molecule has 22 N–H and O–H groups in total. The SMILES string of the molecule is CC[C@H](C)[C@@H]1NC(=O)[C@@H](CCCN=C(N)N)NC(=O)[C@H](CC(C)C)NC(=O)[C@H]([C@H](O)C(C)C)NC(=O)[C@@H](NC(=O)[C@H](CC(C)C)NC(=O)C2(NC(=O)OC(C)(C)C)Cc3ccccc3C2)[C@@H](c2ccccc2)OC(=O)[C@H](CO)NC(=O)[C@H]([C@H](O)C(N)=O)NC(=O)CNC(=O)[C@H]([C@H](C)O)NC1=O.O=C(O)C(F)(F)F. The molecule has 1 fully saturated rings. The number of carboxylic acids is 1. The van der Waals surface area contributed by atoms with Gasteiger partial charge in [0.1, 0.15) is 59.5 Å². The number of ether oxygens (including phenoxy) is 2. The van der Waals surface area contributed by atoms with Crippen LogP contribution in [0.2, 0.25) is 0 Å². The number of carboxylic acid groups (broad SMARTS) is 1. The fourth-order valence-corrected chi connectivity index (χ4v) is 11.1. The molecule has 108 heavy (non-hydrogen) atoms. The molecule has 1 saturated heterocycles. The Kier molecular flexibility index (Phi) is 35.5. The van der Waals surface area contributed by atoms with E-state index in [1.807, 2.05) is 10.6 Å². The molecule has 602 valence electrons. The van der Waals surface area contributed by atoms with Gasteiger partial charge in [-0.3, -0.25) is 57.7 Å². The summed E-state index contributed by atoms with van der Waals surface area (Å²) >= 11 is 0. The van der Waals surface area contributed by atoms with Gasteiger partial charge in [-0.05, 0) is 93.7 Å². The second-order valence-corrected chi connectivity index (χ2v) is 28.4. The van der Waals surface area contributed by atoms with Gasteiger partial charge in [0.25, 0.3) is 0 Å². The number of aliphatic hydroxyl groups is 4. The Morgan fingerprint density at radius 3 is 1.69 bits per heavy atom. The highest BCUT2D eigenvalue weighted by atomic mass is 19.4. The van der Waals surface area contributed by atoms with Crippen LogP contribution in [0.4, 0.5) is 18.0 Å². The number of nitrogens with two attached hydrogens (primary N) is 3. The molecule has 12 amide bonds. The van der Waals surface area contributed by atoms with Gasteiger partial charge < -0.3 is 111 Å². The van der Waals surface area contributed by atoms with Crippen LogP contribution in [-0.4, -0.2) is 224 Å². The highest BCUT2D eigenvalue weighted by Gasteiger charge is 2.49. The number of alkyl halides is 3. The molecule has 1 aliphatic heterocycles. The summed E-state index contributed by atoms with van der Waals surface area (Å²) in [7, 11) is 0. The van der Waals surface area contributed by atoms with Gasteiger partial charge >= 0.3 is 24.2 Å². The van der Waals surface area contributed by atoms with Gasteiger partial charge in [0.2, 0.25) is 65.0 Å². The van der Waals surface area contributed by atoms with Crippen molar-refractivity contribution in [3.8, 4) is 0 Å². The van der Waals surface area contributed by atoms with Crippen LogP contribution in [0.5, 0.6) is 0 Å². The van der Waals surface area contributed by atoms with E-state index in [0.29, 0.717) is 11.1 Å². The van der Waals surface area contributed by atoms with Crippen molar-refractivity contribution in [1.29, 1.82) is 0 Å². The second kappa shape index (κ2) is 41.7. The van der Waals surface area contributed by atoms with E-state index in [0.717, 1.165) is 6.92 Å². The smallest absolute Gasteiger partial charge is 0.475 e. The Hall–Kier alpha value is -10.3. The zero-order valence-electron chi connectivity index (χ0n) is 62.2. The highest BCUT2D eigenvalue weighted by Crippen LogP contribution is 2.32. The quantitative estimate of drug-likeness (QED) is 0.0240. The number of fused-ring (bicyclic) bond motifs is 1. The lowest BCUT2D eigenvalue weighted by Gasteiger charge is -2.34. The number of hydrogen-bond acceptors (Lipinski definition) is 21. The number of carbonyl (C=O) groups excluding carboxylic acids is 13. The molecular weight excluding hydrogens is 1430 g/mol. The highest BCUT2D eigenvalue weighted by molar-refractivity contribution is 6.01. The molecule has 14 atom stereocenters. The van der Waals surface area contributed by atoms with Crippen molar-refractivity contribution in [1.82, 2.24) is 58.5 Å². The summed E-state index contributed by atoms with van der Waals surface area (Å²) in [5.74, 6) is -20.6. The first-order chi connectivity index (χ1) is 50.2. The molecule has 0 bridgehead atoms. The number of cyclic esters (lactones) is 1. The molecule has 0 spiro atoms. The Balaban J connectivity index is 0.00000410. The number of guanidine groups is 1. The Morgan fingerprint density at radius 2 is 1.19 bits per heavy atom. The van der Waals surface area contributed by atoms with Gasteiger partial charge in [0.05, 0.1) is 25.4 Å². The van der Waals surface area contributed by atoms with Gasteiger partial charge in [-0.25, -0.2) is 14.4 Å². The fourth-order valence-electron chi connectivity index (χ4n) is 11.1. The number of benzene rings is 2. The molecule has 0 radical (unpaired) electrons. The summed E-state index contributed by atoms with van der Waals surface area (Å²) in [6.07, 6.45) is -14.8. The van der Waals surface area contributed by atoms with E-state index >= 15 is 19.2 Å². The number of amides is 12. The second-order valence-electron chi connectivity index (χ2n) is 28.4. The lowest BCUT2D eigenvalue weighted by molar-refractivity contribution is -0.192. The van der Waals surface area contributed by atoms with Crippen molar-refractivity contribution >= 4 is 89.0 Å². The zero-order valence-corrected chi connectivity index (χ0v) is 62.2. The maximum absolute atomic E-state index is 15.7. The number of nitrogens with one attached hydrogen (secondary N) is 11. The number of rotatable bonds is 22. The van der Waals surface area contributed by atoms with Gasteiger partial charge in [0, 0.05) is 19.4 Å². The monoisotopic (exact) mass is 1540 g/mol. The summed E-state index contributed by atoms with van der Waals surface area (Å²) < 4.78 is 43.3. The van der Waals surface area contributed by atoms with E-state index in [1.165, 1.54) is 44.2 Å². The molecule has 1 heterocycles. The van der Waals surface area contributed by atoms with E-state index < -0.39 is 216 Å². The summed E-state index contributed by atoms with van der Waals surface area (Å²) in [6, 6.07) is -3.22. The standard InChI is InChI=1S/C67H103N15O19.C2HF3O2/c1-13-35(8)45-58(93)79-46(36(9)84)57(92)72-30-44(85)77-48(51(87)53(68)88)60(95)75-43(31-83)62(97)100-52(37-20-15-14-16-21-37)49(81-56(91)42(27-33(4)5)76-63(98)67(82-65(99)101-66(10,11)12)28-38-22-17-18-23-39(38)29-67)61(96)80-47(50(86)34(6)7)59(94)74-41(26-32(2)3)55(90)73-40(54(89)78-45)24-19-25-71-64(69)70;3-2(4,5)1(6)7/h14-18,20-23,32-36,40-43,45-52,83-84,86-87H,13,19,24-31H2,1-12H3,(H2,68,88)(H,72,92)(H,73,90)(H,74,94)(H,75,95)(H,76,98)(H,77,85)(H,78,89)(H,79,93)(H,80,96)(H,81,91)(H,82,99)(H4,69,70,71);(H,6,7)/t35-,36-,40+,41-,42-,43-,45-,46-,47-,48-,49-,50+,51-,52+;/m0./s1. The fraction of sp³-hybridized carbons (Fsp3) is 0.609. The number of primary amides is 1. The van der Waals surface area contributed by atoms with E-state index in [2.05, 4.69) is 52.8 Å². The third-order valence-electron chi connectivity index (χ3n) is 16.9. The van der Waals surface area contributed by atoms with Gasteiger partial charge in [0.15, 0.2) is 24.2 Å². The van der Waals surface area contributed by atoms with Crippen LogP contribution in [0.1, 0.15) is 138 Å². The average molecular weight is 1540 g/mol. The summed E-state index contributed by atoms with van der Waals surface area (Å²) in [4.78, 5) is 200. The molecular formula is C69H104F3N15O21. The van der Waals surface area contributed by atoms with Crippen LogP contribution in [0.15, 0.2) is 59.6 Å². The number of alkyl carbamates (subject to hydrolysis) is 1. The third-order valence-corrected chi connectivity index (χ3v) is 16.9. The van der Waals surface area contributed by atoms with Crippen molar-refractivity contribution in [2.24, 2.45) is 45.9 Å². The van der Waals surface area contributed by atoms with E-state index in [1.54, 1.807) is 86.6 Å². The van der Waals surface area contributed by atoms with Crippen molar-refractivity contribution < 1.29 is 115 Å². The minimum absolute atomic E-state index is 0.0280. The van der Waals surface area contributed by atoms with Crippen LogP contribution < -0.4 is 75.7 Å². The third kappa shape index (κ3) is 28.8. The predicted molar refractivity (Wildman–Crippen MR) is 378 cm³/mol. The van der Waals surface area contributed by atoms with Crippen molar-refractivity contribution in [3.63, 3.8) is 0 Å². The number of nitrogens with zero attached hydrogens (tertiary/aromatic N) is 1. The first kappa shape index (κ1) is 91.9. The van der Waals surface area contributed by atoms with Crippen molar-refractivity contribution in [2.45, 2.75) is 224 Å². The minimum Gasteiger partial charge on any atom is -0.475 e. The molecule has 1 aliphatic carbocycles. The molecule has 0 saturated carbocycles. The number of esters is 1. The molecule has 36 nitrogen and oxygen atoms in total. The summed E-state index contributed by atoms with van der Waals surface area (Å²) in [6.45, 7) is 16.4. The van der Waals surface area contributed by atoms with Gasteiger partial charge in [-0.1, -0.05) is 116 Å². The maximum Gasteiger partial charge on any atom is 0.490 e. The van der Waals surface area contributed by atoms with Crippen LogP contribution >= 0.6 is 0 Å². The normalized spacial score (nSPS) is 23.2. The lowest BCUT2D eigenvalue weighted by Crippen LogP contribution is -2.65. The molecule has 2 aromatic rings. The first-order valence-electron chi connectivity index (χ1n) is 34.8. The summed E-state index contributed by atoms with van der Waals surface area (Å²) in [5.41, 5.74) is 15.0. The lowest BCUT2D eigenvalue weighted by atomic mass is 9.92. The molecule has 4 rings (SSSR count). The number of hydrogen-bond donors (Lipinski definition) is 19. The number of aliphatic hydroxyl groups excluding tert-OH is 4. The van der Waals surface area contributed by atoms with Crippen molar-refractivity contribution in [3.05, 3.63) is 71.3 Å².